The number of pyridine rings is 1. The molecule has 0 saturated carbocycles. The lowest BCUT2D eigenvalue weighted by atomic mass is 10.0. The van der Waals surface area contributed by atoms with Crippen molar-refractivity contribution in [2.75, 3.05) is 18.5 Å². The van der Waals surface area contributed by atoms with E-state index in [2.05, 4.69) is 17.2 Å². The average molecular weight is 237 g/mol. The summed E-state index contributed by atoms with van der Waals surface area (Å²) in [5.41, 5.74) is 0.801. The van der Waals surface area contributed by atoms with Gasteiger partial charge in [-0.25, -0.2) is 0 Å². The maximum Gasteiger partial charge on any atom is 0.363 e. The van der Waals surface area contributed by atoms with E-state index < -0.39 is 4.92 Å². The summed E-state index contributed by atoms with van der Waals surface area (Å²) in [5.74, 6) is 0.359. The van der Waals surface area contributed by atoms with Crippen molar-refractivity contribution in [3.8, 4) is 0 Å². The minimum atomic E-state index is -0.502. The number of ether oxygens (including phenoxy) is 1. The number of hydrogen-bond donors (Lipinski definition) is 1. The summed E-state index contributed by atoms with van der Waals surface area (Å²) in [6, 6.07) is 3.36. The maximum absolute atomic E-state index is 10.4. The fourth-order valence-corrected chi connectivity index (χ4v) is 1.91. The molecule has 0 bridgehead atoms. The number of nitrogens with one attached hydrogen (secondary N) is 1. The predicted molar refractivity (Wildman–Crippen MR) is 62.9 cm³/mol. The first kappa shape index (κ1) is 11.8. The van der Waals surface area contributed by atoms with Gasteiger partial charge in [0.2, 0.25) is 0 Å². The van der Waals surface area contributed by atoms with Crippen molar-refractivity contribution in [1.29, 1.82) is 0 Å². The van der Waals surface area contributed by atoms with Crippen molar-refractivity contribution in [3.63, 3.8) is 0 Å². The summed E-state index contributed by atoms with van der Waals surface area (Å²) in [6.07, 6.45) is 2.54. The van der Waals surface area contributed by atoms with Gasteiger partial charge in [0.15, 0.2) is 6.20 Å². The summed E-state index contributed by atoms with van der Waals surface area (Å²) < 4.78 is 5.32. The molecule has 0 radical (unpaired) electrons. The van der Waals surface area contributed by atoms with Crippen molar-refractivity contribution >= 4 is 11.5 Å². The van der Waals surface area contributed by atoms with Crippen LogP contribution in [-0.4, -0.2) is 29.2 Å². The standard InChI is InChI=1S/C11H15N3O3/c1-8(9-4-5-17-7-9)13-10-2-3-11(12-6-10)14(15)16/h2-3,6,8-9,13H,4-5,7H2,1H3. The lowest BCUT2D eigenvalue weighted by Crippen LogP contribution is -2.26. The van der Waals surface area contributed by atoms with Crippen LogP contribution in [0.15, 0.2) is 18.3 Å². The number of aromatic nitrogens is 1. The lowest BCUT2D eigenvalue weighted by molar-refractivity contribution is -0.389. The monoisotopic (exact) mass is 237 g/mol. The molecule has 2 atom stereocenters. The van der Waals surface area contributed by atoms with E-state index in [0.29, 0.717) is 5.92 Å². The first-order valence-corrected chi connectivity index (χ1v) is 5.61. The molecule has 1 aliphatic rings. The van der Waals surface area contributed by atoms with Gasteiger partial charge in [0.1, 0.15) is 0 Å². The fraction of sp³-hybridized carbons (Fsp3) is 0.545. The molecule has 2 rings (SSSR count). The normalized spacial score (nSPS) is 21.1. The molecule has 1 aromatic rings. The van der Waals surface area contributed by atoms with Gasteiger partial charge in [-0.15, -0.1) is 0 Å². The van der Waals surface area contributed by atoms with Crippen molar-refractivity contribution in [1.82, 2.24) is 4.98 Å². The third-order valence-corrected chi connectivity index (χ3v) is 3.00. The Hall–Kier alpha value is -1.69. The molecule has 2 unspecified atom stereocenters. The smallest absolute Gasteiger partial charge is 0.363 e. The quantitative estimate of drug-likeness (QED) is 0.638. The molecule has 6 nitrogen and oxygen atoms in total. The third kappa shape index (κ3) is 2.91. The summed E-state index contributed by atoms with van der Waals surface area (Å²) >= 11 is 0. The molecule has 1 saturated heterocycles. The van der Waals surface area contributed by atoms with Crippen molar-refractivity contribution in [2.24, 2.45) is 5.92 Å². The van der Waals surface area contributed by atoms with Gasteiger partial charge in [-0.1, -0.05) is 0 Å². The molecule has 0 spiro atoms. The zero-order valence-electron chi connectivity index (χ0n) is 9.63. The molecule has 6 heteroatoms. The number of anilines is 1. The van der Waals surface area contributed by atoms with Crippen LogP contribution in [0.2, 0.25) is 0 Å². The number of hydrogen-bond acceptors (Lipinski definition) is 5. The molecule has 17 heavy (non-hydrogen) atoms. The SMILES string of the molecule is CC(Nc1ccc([N+](=O)[O-])nc1)C1CCOC1. The van der Waals surface area contributed by atoms with Crippen LogP contribution >= 0.6 is 0 Å². The Morgan fingerprint density at radius 1 is 1.65 bits per heavy atom. The summed E-state index contributed by atoms with van der Waals surface area (Å²) in [4.78, 5) is 13.7. The van der Waals surface area contributed by atoms with Gasteiger partial charge in [0, 0.05) is 24.6 Å². The van der Waals surface area contributed by atoms with Crippen LogP contribution in [0.3, 0.4) is 0 Å². The van der Waals surface area contributed by atoms with E-state index >= 15 is 0 Å². The van der Waals surface area contributed by atoms with Crippen LogP contribution < -0.4 is 5.32 Å². The van der Waals surface area contributed by atoms with E-state index in [1.165, 1.54) is 12.3 Å². The molecule has 1 aliphatic heterocycles. The van der Waals surface area contributed by atoms with E-state index in [9.17, 15) is 10.1 Å². The molecule has 0 amide bonds. The Bertz CT molecular complexity index is 387. The topological polar surface area (TPSA) is 77.3 Å². The Kier molecular flexibility index (Phi) is 3.53. The highest BCUT2D eigenvalue weighted by Crippen LogP contribution is 2.20. The highest BCUT2D eigenvalue weighted by molar-refractivity contribution is 5.44. The van der Waals surface area contributed by atoms with Crippen LogP contribution in [0.25, 0.3) is 0 Å². The van der Waals surface area contributed by atoms with Crippen molar-refractivity contribution in [2.45, 2.75) is 19.4 Å². The van der Waals surface area contributed by atoms with Gasteiger partial charge in [-0.05, 0) is 29.3 Å². The summed E-state index contributed by atoms with van der Waals surface area (Å²) in [7, 11) is 0. The van der Waals surface area contributed by atoms with E-state index in [1.807, 2.05) is 0 Å². The first-order valence-electron chi connectivity index (χ1n) is 5.61. The molecule has 0 aromatic carbocycles. The lowest BCUT2D eigenvalue weighted by Gasteiger charge is -2.19. The Morgan fingerprint density at radius 2 is 2.47 bits per heavy atom. The van der Waals surface area contributed by atoms with Crippen LogP contribution in [0.5, 0.6) is 0 Å². The molecule has 92 valence electrons. The van der Waals surface area contributed by atoms with Crippen molar-refractivity contribution in [3.05, 3.63) is 28.4 Å². The largest absolute Gasteiger partial charge is 0.381 e. The van der Waals surface area contributed by atoms with Crippen LogP contribution in [0.1, 0.15) is 13.3 Å². The number of nitrogens with zero attached hydrogens (tertiary/aromatic N) is 2. The molecule has 1 N–H and O–H groups in total. The van der Waals surface area contributed by atoms with Gasteiger partial charge in [-0.2, -0.15) is 0 Å². The zero-order valence-corrected chi connectivity index (χ0v) is 9.63. The molecule has 0 aliphatic carbocycles. The van der Waals surface area contributed by atoms with Crippen LogP contribution in [-0.2, 0) is 4.74 Å². The van der Waals surface area contributed by atoms with Gasteiger partial charge in [-0.3, -0.25) is 0 Å². The maximum atomic E-state index is 10.4. The molecule has 2 heterocycles. The molecule has 1 fully saturated rings. The Labute approximate surface area is 99.2 Å². The van der Waals surface area contributed by atoms with E-state index in [0.717, 1.165) is 25.3 Å². The van der Waals surface area contributed by atoms with Gasteiger partial charge < -0.3 is 20.2 Å². The van der Waals surface area contributed by atoms with Gasteiger partial charge >= 0.3 is 5.82 Å². The van der Waals surface area contributed by atoms with Crippen LogP contribution in [0.4, 0.5) is 11.5 Å². The predicted octanol–water partition coefficient (Wildman–Crippen LogP) is 1.83. The van der Waals surface area contributed by atoms with E-state index in [1.54, 1.807) is 6.07 Å². The second-order valence-electron chi connectivity index (χ2n) is 4.22. The van der Waals surface area contributed by atoms with Gasteiger partial charge in [0.25, 0.3) is 0 Å². The zero-order chi connectivity index (χ0) is 12.3. The average Bonchev–Trinajstić information content (AvgIpc) is 2.83. The molecular formula is C11H15N3O3. The second kappa shape index (κ2) is 5.09. The minimum Gasteiger partial charge on any atom is -0.381 e. The fourth-order valence-electron chi connectivity index (χ4n) is 1.91. The third-order valence-electron chi connectivity index (χ3n) is 3.00. The Morgan fingerprint density at radius 3 is 3.00 bits per heavy atom. The second-order valence-corrected chi connectivity index (χ2v) is 4.22. The van der Waals surface area contributed by atoms with E-state index in [-0.39, 0.29) is 11.9 Å². The van der Waals surface area contributed by atoms with Crippen LogP contribution in [0, 0.1) is 16.0 Å². The molecule has 1 aromatic heterocycles. The highest BCUT2D eigenvalue weighted by Gasteiger charge is 2.22. The summed E-state index contributed by atoms with van der Waals surface area (Å²) in [5, 5.41) is 13.7. The Balaban J connectivity index is 1.96. The highest BCUT2D eigenvalue weighted by atomic mass is 16.6. The van der Waals surface area contributed by atoms with Gasteiger partial charge in [0.05, 0.1) is 12.3 Å². The van der Waals surface area contributed by atoms with Crippen molar-refractivity contribution < 1.29 is 9.66 Å². The molecular weight excluding hydrogens is 222 g/mol. The number of nitro groups is 1. The van der Waals surface area contributed by atoms with E-state index in [4.69, 9.17) is 4.74 Å². The summed E-state index contributed by atoms with van der Waals surface area (Å²) in [6.45, 7) is 3.67. The first-order chi connectivity index (χ1) is 8.16. The number of rotatable bonds is 4. The minimum absolute atomic E-state index is 0.132.